The smallest absolute Gasteiger partial charge is 0.114 e. The second-order valence-corrected chi connectivity index (χ2v) is 6.28. The molecule has 0 aromatic heterocycles. The number of rotatable bonds is 13. The Hall–Kier alpha value is -0.460. The van der Waals surface area contributed by atoms with Crippen molar-refractivity contribution >= 4 is 0 Å². The lowest BCUT2D eigenvalue weighted by molar-refractivity contribution is -0.101. The molecule has 0 aliphatic carbocycles. The molecule has 0 aromatic carbocycles. The van der Waals surface area contributed by atoms with Gasteiger partial charge in [-0.3, -0.25) is 0 Å². The predicted octanol–water partition coefficient (Wildman–Crippen LogP) is 2.18. The molecule has 136 valence electrons. The molecule has 4 atom stereocenters. The van der Waals surface area contributed by atoms with Crippen molar-refractivity contribution in [2.24, 2.45) is 0 Å². The molecule has 5 nitrogen and oxygen atoms in total. The molecule has 1 heterocycles. The topological polar surface area (TPSA) is 79.2 Å². The van der Waals surface area contributed by atoms with Gasteiger partial charge in [0.15, 0.2) is 0 Å². The maximum atomic E-state index is 9.77. The number of aliphatic hydroxyl groups is 3. The fourth-order valence-electron chi connectivity index (χ4n) is 2.85. The number of aliphatic hydroxyl groups excluding tert-OH is 3. The highest BCUT2D eigenvalue weighted by atomic mass is 16.6. The summed E-state index contributed by atoms with van der Waals surface area (Å²) in [5, 5.41) is 28.6. The van der Waals surface area contributed by atoms with E-state index in [1.54, 1.807) is 0 Å². The molecular weight excluding hydrogens is 296 g/mol. The van der Waals surface area contributed by atoms with Crippen molar-refractivity contribution in [1.82, 2.24) is 0 Å². The van der Waals surface area contributed by atoms with Crippen LogP contribution >= 0.6 is 0 Å². The second kappa shape index (κ2) is 12.9. The Morgan fingerprint density at radius 3 is 2.30 bits per heavy atom. The number of allylic oxidation sites excluding steroid dienone is 2. The lowest BCUT2D eigenvalue weighted by Gasteiger charge is -2.24. The van der Waals surface area contributed by atoms with Crippen molar-refractivity contribution in [2.45, 2.75) is 82.7 Å². The molecule has 1 aliphatic heterocycles. The first-order valence-corrected chi connectivity index (χ1v) is 9.02. The van der Waals surface area contributed by atoms with E-state index in [0.29, 0.717) is 6.61 Å². The molecule has 1 rings (SSSR count). The van der Waals surface area contributed by atoms with Crippen LogP contribution in [0, 0.1) is 0 Å². The van der Waals surface area contributed by atoms with Crippen LogP contribution in [0.25, 0.3) is 0 Å². The van der Waals surface area contributed by atoms with Gasteiger partial charge < -0.3 is 24.8 Å². The molecule has 0 amide bonds. The molecule has 0 bridgehead atoms. The summed E-state index contributed by atoms with van der Waals surface area (Å²) in [5.41, 5.74) is 0. The van der Waals surface area contributed by atoms with E-state index in [4.69, 9.17) is 9.47 Å². The van der Waals surface area contributed by atoms with E-state index in [9.17, 15) is 15.3 Å². The Morgan fingerprint density at radius 2 is 1.74 bits per heavy atom. The zero-order valence-electron chi connectivity index (χ0n) is 14.4. The lowest BCUT2D eigenvalue weighted by Crippen LogP contribution is -2.42. The third kappa shape index (κ3) is 8.27. The van der Waals surface area contributed by atoms with Crippen LogP contribution in [0.5, 0.6) is 0 Å². The molecule has 23 heavy (non-hydrogen) atoms. The maximum absolute atomic E-state index is 9.77. The summed E-state index contributed by atoms with van der Waals surface area (Å²) >= 11 is 0. The van der Waals surface area contributed by atoms with Gasteiger partial charge in [0.1, 0.15) is 24.4 Å². The average Bonchev–Trinajstić information content (AvgIpc) is 2.88. The molecule has 1 saturated heterocycles. The summed E-state index contributed by atoms with van der Waals surface area (Å²) in [6, 6.07) is 0. The van der Waals surface area contributed by atoms with Gasteiger partial charge in [-0.25, -0.2) is 0 Å². The van der Waals surface area contributed by atoms with E-state index in [-0.39, 0.29) is 13.2 Å². The van der Waals surface area contributed by atoms with E-state index < -0.39 is 24.4 Å². The fraction of sp³-hybridized carbons (Fsp3) is 0.889. The molecule has 0 aromatic rings. The zero-order chi connectivity index (χ0) is 16.9. The highest BCUT2D eigenvalue weighted by Crippen LogP contribution is 2.20. The molecule has 0 spiro atoms. The number of unbranched alkanes of at least 4 members (excludes halogenated alkanes) is 7. The summed E-state index contributed by atoms with van der Waals surface area (Å²) in [5.74, 6) is 0. The normalized spacial score (nSPS) is 26.2. The van der Waals surface area contributed by atoms with Crippen molar-refractivity contribution in [3.8, 4) is 0 Å². The molecule has 1 aliphatic rings. The monoisotopic (exact) mass is 330 g/mol. The Labute approximate surface area is 140 Å². The summed E-state index contributed by atoms with van der Waals surface area (Å²) < 4.78 is 10.9. The number of hydrogen-bond acceptors (Lipinski definition) is 5. The highest BCUT2D eigenvalue weighted by molar-refractivity contribution is 4.88. The Bertz CT molecular complexity index is 308. The fourth-order valence-corrected chi connectivity index (χ4v) is 2.85. The minimum absolute atomic E-state index is 0.0970. The van der Waals surface area contributed by atoms with E-state index in [1.165, 1.54) is 38.5 Å². The maximum Gasteiger partial charge on any atom is 0.114 e. The van der Waals surface area contributed by atoms with Crippen LogP contribution in [0.2, 0.25) is 0 Å². The lowest BCUT2D eigenvalue weighted by atomic mass is 10.1. The summed E-state index contributed by atoms with van der Waals surface area (Å²) in [6.45, 7) is 2.50. The van der Waals surface area contributed by atoms with Gasteiger partial charge in [-0.2, -0.15) is 0 Å². The minimum Gasteiger partial charge on any atom is -0.394 e. The Balaban J connectivity index is 1.97. The average molecular weight is 330 g/mol. The van der Waals surface area contributed by atoms with Gasteiger partial charge in [-0.05, 0) is 26.2 Å². The zero-order valence-corrected chi connectivity index (χ0v) is 14.4. The summed E-state index contributed by atoms with van der Waals surface area (Å²) in [6.07, 6.45) is 10.9. The molecule has 0 radical (unpaired) electrons. The van der Waals surface area contributed by atoms with Crippen molar-refractivity contribution in [1.29, 1.82) is 0 Å². The van der Waals surface area contributed by atoms with E-state index in [2.05, 4.69) is 19.1 Å². The molecule has 0 unspecified atom stereocenters. The Kier molecular flexibility index (Phi) is 11.5. The van der Waals surface area contributed by atoms with Crippen LogP contribution in [0.15, 0.2) is 12.2 Å². The van der Waals surface area contributed by atoms with E-state index in [1.807, 2.05) is 0 Å². The predicted molar refractivity (Wildman–Crippen MR) is 90.3 cm³/mol. The van der Waals surface area contributed by atoms with Crippen LogP contribution in [0.1, 0.15) is 58.3 Å². The van der Waals surface area contributed by atoms with Gasteiger partial charge in [-0.1, -0.05) is 44.3 Å². The first-order chi connectivity index (χ1) is 11.2. The third-order valence-electron chi connectivity index (χ3n) is 4.32. The van der Waals surface area contributed by atoms with Crippen LogP contribution in [0.4, 0.5) is 0 Å². The quantitative estimate of drug-likeness (QED) is 0.356. The van der Waals surface area contributed by atoms with Gasteiger partial charge in [0, 0.05) is 6.61 Å². The van der Waals surface area contributed by atoms with Crippen molar-refractivity contribution in [3.05, 3.63) is 12.2 Å². The summed E-state index contributed by atoms with van der Waals surface area (Å²) in [4.78, 5) is 0. The van der Waals surface area contributed by atoms with Gasteiger partial charge in [0.05, 0.1) is 13.2 Å². The van der Waals surface area contributed by atoms with Crippen molar-refractivity contribution in [3.63, 3.8) is 0 Å². The van der Waals surface area contributed by atoms with E-state index >= 15 is 0 Å². The van der Waals surface area contributed by atoms with Gasteiger partial charge >= 0.3 is 0 Å². The van der Waals surface area contributed by atoms with Crippen LogP contribution in [0.3, 0.4) is 0 Å². The molecular formula is C18H34O5. The van der Waals surface area contributed by atoms with Crippen LogP contribution in [-0.4, -0.2) is 59.6 Å². The highest BCUT2D eigenvalue weighted by Gasteiger charge is 2.40. The number of hydrogen-bond donors (Lipinski definition) is 3. The first kappa shape index (κ1) is 20.6. The summed E-state index contributed by atoms with van der Waals surface area (Å²) in [7, 11) is 0. The second-order valence-electron chi connectivity index (χ2n) is 6.28. The third-order valence-corrected chi connectivity index (χ3v) is 4.32. The first-order valence-electron chi connectivity index (χ1n) is 9.02. The molecule has 3 N–H and O–H groups in total. The van der Waals surface area contributed by atoms with Crippen molar-refractivity contribution in [2.75, 3.05) is 19.8 Å². The molecule has 0 saturated carbocycles. The van der Waals surface area contributed by atoms with Crippen molar-refractivity contribution < 1.29 is 24.8 Å². The number of ether oxygens (including phenoxy) is 2. The van der Waals surface area contributed by atoms with Crippen LogP contribution < -0.4 is 0 Å². The minimum atomic E-state index is -0.977. The standard InChI is InChI=1S/C18H34O5/c1-2-3-4-5-6-7-8-9-10-11-12-22-16(13-19)18-17(21)15(20)14-23-18/h2-3,15-21H,4-14H2,1H3/b3-2+/t15-,16+,17+,18+/m0/s1. The van der Waals surface area contributed by atoms with Gasteiger partial charge in [-0.15, -0.1) is 0 Å². The van der Waals surface area contributed by atoms with Gasteiger partial charge in [0.2, 0.25) is 0 Å². The van der Waals surface area contributed by atoms with Crippen LogP contribution in [-0.2, 0) is 9.47 Å². The van der Waals surface area contributed by atoms with E-state index in [0.717, 1.165) is 12.8 Å². The Morgan fingerprint density at radius 1 is 1.09 bits per heavy atom. The van der Waals surface area contributed by atoms with Gasteiger partial charge in [0.25, 0.3) is 0 Å². The molecule has 1 fully saturated rings. The largest absolute Gasteiger partial charge is 0.394 e. The SMILES string of the molecule is C/C=C/CCCCCCCCCO[C@H](CO)[C@H]1OC[C@H](O)[C@H]1O. The molecule has 5 heteroatoms.